The minimum atomic E-state index is -0.349. The Hall–Kier alpha value is -2.20. The maximum Gasteiger partial charge on any atom is 0.335 e. The highest BCUT2D eigenvalue weighted by atomic mass is 35.5. The lowest BCUT2D eigenvalue weighted by Gasteiger charge is -2.06. The van der Waals surface area contributed by atoms with Crippen LogP contribution in [0.5, 0.6) is 0 Å². The molecule has 0 bridgehead atoms. The first-order valence-corrected chi connectivity index (χ1v) is 7.02. The molecule has 0 aliphatic carbocycles. The van der Waals surface area contributed by atoms with Gasteiger partial charge in [-0.05, 0) is 30.7 Å². The average molecular weight is 303 g/mol. The lowest BCUT2D eigenvalue weighted by Crippen LogP contribution is -2.07. The molecule has 0 amide bonds. The summed E-state index contributed by atoms with van der Waals surface area (Å²) in [7, 11) is 0. The van der Waals surface area contributed by atoms with Crippen molar-refractivity contribution in [1.82, 2.24) is 4.98 Å². The summed E-state index contributed by atoms with van der Waals surface area (Å²) in [6.45, 7) is 1.91. The fourth-order valence-corrected chi connectivity index (χ4v) is 1.86. The molecular weight excluding hydrogens is 288 g/mol. The van der Waals surface area contributed by atoms with E-state index in [4.69, 9.17) is 16.4 Å². The standard InChI is InChI=1S/C16H15ClN2O2/c1-2-3-15(20)21-19-16(13-8-10-18-11-9-13)12-4-6-14(17)7-5-12/h4-11H,2-3H2,1H3/b19-16+. The predicted octanol–water partition coefficient (Wildman–Crippen LogP) is 3.83. The molecule has 108 valence electrons. The zero-order valence-corrected chi connectivity index (χ0v) is 12.4. The first kappa shape index (κ1) is 15.2. The molecule has 21 heavy (non-hydrogen) atoms. The number of hydrogen-bond donors (Lipinski definition) is 0. The van der Waals surface area contributed by atoms with Crippen LogP contribution in [0, 0.1) is 0 Å². The Morgan fingerprint density at radius 2 is 1.76 bits per heavy atom. The summed E-state index contributed by atoms with van der Waals surface area (Å²) in [6.07, 6.45) is 4.39. The molecule has 0 saturated heterocycles. The molecule has 0 atom stereocenters. The van der Waals surface area contributed by atoms with E-state index in [0.717, 1.165) is 17.5 Å². The Balaban J connectivity index is 2.33. The Kier molecular flexibility index (Phi) is 5.46. The van der Waals surface area contributed by atoms with E-state index in [1.54, 1.807) is 36.7 Å². The number of oxime groups is 1. The third kappa shape index (κ3) is 4.39. The van der Waals surface area contributed by atoms with Gasteiger partial charge in [0, 0.05) is 35.0 Å². The predicted molar refractivity (Wildman–Crippen MR) is 82.3 cm³/mol. The lowest BCUT2D eigenvalue weighted by atomic mass is 10.0. The molecule has 0 radical (unpaired) electrons. The molecule has 0 spiro atoms. The van der Waals surface area contributed by atoms with Crippen molar-refractivity contribution >= 4 is 23.3 Å². The van der Waals surface area contributed by atoms with Gasteiger partial charge in [0.2, 0.25) is 0 Å². The second kappa shape index (κ2) is 7.55. The Morgan fingerprint density at radius 1 is 1.14 bits per heavy atom. The van der Waals surface area contributed by atoms with Gasteiger partial charge < -0.3 is 4.84 Å². The van der Waals surface area contributed by atoms with Crippen LogP contribution in [0.4, 0.5) is 0 Å². The van der Waals surface area contributed by atoms with E-state index in [1.807, 2.05) is 19.1 Å². The van der Waals surface area contributed by atoms with Crippen molar-refractivity contribution in [2.24, 2.45) is 5.16 Å². The van der Waals surface area contributed by atoms with Gasteiger partial charge in [0.1, 0.15) is 5.71 Å². The molecule has 0 aliphatic rings. The second-order valence-electron chi connectivity index (χ2n) is 4.40. The lowest BCUT2D eigenvalue weighted by molar-refractivity contribution is -0.143. The third-order valence-corrected chi connectivity index (χ3v) is 3.02. The number of nitrogens with zero attached hydrogens (tertiary/aromatic N) is 2. The summed E-state index contributed by atoms with van der Waals surface area (Å²) >= 11 is 5.90. The minimum absolute atomic E-state index is 0.341. The summed E-state index contributed by atoms with van der Waals surface area (Å²) in [5, 5.41) is 4.64. The molecule has 5 heteroatoms. The maximum absolute atomic E-state index is 11.5. The van der Waals surface area contributed by atoms with Crippen LogP contribution in [-0.4, -0.2) is 16.7 Å². The van der Waals surface area contributed by atoms with Gasteiger partial charge in [-0.2, -0.15) is 0 Å². The molecule has 0 fully saturated rings. The molecule has 0 aliphatic heterocycles. The highest BCUT2D eigenvalue weighted by molar-refractivity contribution is 6.30. The quantitative estimate of drug-likeness (QED) is 0.479. The van der Waals surface area contributed by atoms with Gasteiger partial charge >= 0.3 is 5.97 Å². The van der Waals surface area contributed by atoms with Crippen molar-refractivity contribution in [2.75, 3.05) is 0 Å². The van der Waals surface area contributed by atoms with Gasteiger partial charge in [-0.3, -0.25) is 4.98 Å². The molecule has 1 aromatic heterocycles. The van der Waals surface area contributed by atoms with E-state index < -0.39 is 0 Å². The smallest absolute Gasteiger partial charge is 0.318 e. The highest BCUT2D eigenvalue weighted by Crippen LogP contribution is 2.15. The summed E-state index contributed by atoms with van der Waals surface area (Å²) in [4.78, 5) is 20.5. The minimum Gasteiger partial charge on any atom is -0.318 e. The van der Waals surface area contributed by atoms with Crippen LogP contribution < -0.4 is 0 Å². The number of rotatable bonds is 5. The van der Waals surface area contributed by atoms with E-state index in [9.17, 15) is 4.79 Å². The average Bonchev–Trinajstić information content (AvgIpc) is 2.50. The highest BCUT2D eigenvalue weighted by Gasteiger charge is 2.09. The van der Waals surface area contributed by atoms with Crippen LogP contribution in [0.1, 0.15) is 30.9 Å². The molecule has 0 N–H and O–H groups in total. The van der Waals surface area contributed by atoms with Gasteiger partial charge in [0.15, 0.2) is 0 Å². The number of pyridine rings is 1. The number of carbonyl (C=O) groups excluding carboxylic acids is 1. The van der Waals surface area contributed by atoms with Crippen molar-refractivity contribution in [3.8, 4) is 0 Å². The zero-order chi connectivity index (χ0) is 15.1. The Labute approximate surface area is 128 Å². The topological polar surface area (TPSA) is 51.5 Å². The molecule has 2 rings (SSSR count). The molecule has 0 unspecified atom stereocenters. The Bertz CT molecular complexity index is 624. The van der Waals surface area contributed by atoms with Gasteiger partial charge in [-0.15, -0.1) is 0 Å². The van der Waals surface area contributed by atoms with Crippen LogP contribution in [0.15, 0.2) is 53.9 Å². The summed E-state index contributed by atoms with van der Waals surface area (Å²) < 4.78 is 0. The second-order valence-corrected chi connectivity index (χ2v) is 4.83. The number of carbonyl (C=O) groups is 1. The van der Waals surface area contributed by atoms with E-state index in [1.165, 1.54) is 0 Å². The fraction of sp³-hybridized carbons (Fsp3) is 0.188. The number of benzene rings is 1. The first-order chi connectivity index (χ1) is 10.2. The summed E-state index contributed by atoms with van der Waals surface area (Å²) in [5.74, 6) is -0.349. The van der Waals surface area contributed by atoms with Crippen LogP contribution in [0.25, 0.3) is 0 Å². The first-order valence-electron chi connectivity index (χ1n) is 6.65. The maximum atomic E-state index is 11.5. The van der Waals surface area contributed by atoms with E-state index in [2.05, 4.69) is 10.1 Å². The van der Waals surface area contributed by atoms with E-state index >= 15 is 0 Å². The molecular formula is C16H15ClN2O2. The van der Waals surface area contributed by atoms with Crippen molar-refractivity contribution in [1.29, 1.82) is 0 Å². The number of halogens is 1. The van der Waals surface area contributed by atoms with Crippen LogP contribution >= 0.6 is 11.6 Å². The van der Waals surface area contributed by atoms with E-state index in [0.29, 0.717) is 17.2 Å². The molecule has 0 saturated carbocycles. The van der Waals surface area contributed by atoms with Gasteiger partial charge in [-0.25, -0.2) is 4.79 Å². The van der Waals surface area contributed by atoms with Crippen molar-refractivity contribution in [3.63, 3.8) is 0 Å². The molecule has 4 nitrogen and oxygen atoms in total. The number of aromatic nitrogens is 1. The molecule has 1 heterocycles. The van der Waals surface area contributed by atoms with Gasteiger partial charge in [-0.1, -0.05) is 35.8 Å². The van der Waals surface area contributed by atoms with Gasteiger partial charge in [0.25, 0.3) is 0 Å². The fourth-order valence-electron chi connectivity index (χ4n) is 1.74. The summed E-state index contributed by atoms with van der Waals surface area (Å²) in [5.41, 5.74) is 2.20. The van der Waals surface area contributed by atoms with Crippen molar-refractivity contribution in [3.05, 3.63) is 64.9 Å². The van der Waals surface area contributed by atoms with E-state index in [-0.39, 0.29) is 5.97 Å². The molecule has 1 aromatic carbocycles. The largest absolute Gasteiger partial charge is 0.335 e. The monoisotopic (exact) mass is 302 g/mol. The van der Waals surface area contributed by atoms with Crippen LogP contribution in [0.3, 0.4) is 0 Å². The number of hydrogen-bond acceptors (Lipinski definition) is 4. The molecule has 2 aromatic rings. The normalized spacial score (nSPS) is 11.2. The van der Waals surface area contributed by atoms with Crippen LogP contribution in [0.2, 0.25) is 5.02 Å². The SMILES string of the molecule is CCCC(=O)O/N=C(/c1ccncc1)c1ccc(Cl)cc1. The summed E-state index contributed by atoms with van der Waals surface area (Å²) in [6, 6.07) is 10.8. The Morgan fingerprint density at radius 3 is 2.38 bits per heavy atom. The zero-order valence-electron chi connectivity index (χ0n) is 11.6. The third-order valence-electron chi connectivity index (χ3n) is 2.76. The van der Waals surface area contributed by atoms with Crippen molar-refractivity contribution < 1.29 is 9.63 Å². The van der Waals surface area contributed by atoms with Crippen molar-refractivity contribution in [2.45, 2.75) is 19.8 Å². The van der Waals surface area contributed by atoms with Crippen LogP contribution in [-0.2, 0) is 9.63 Å². The van der Waals surface area contributed by atoms with Gasteiger partial charge in [0.05, 0.1) is 0 Å².